The molecule has 2 rings (SSSR count). The van der Waals surface area contributed by atoms with E-state index in [4.69, 9.17) is 11.2 Å². The lowest BCUT2D eigenvalue weighted by Gasteiger charge is -2.15. The monoisotopic (exact) mass is 372 g/mol. The van der Waals surface area contributed by atoms with E-state index in [2.05, 4.69) is 16.0 Å². The number of carbonyl (C=O) groups excluding carboxylic acids is 1. The van der Waals surface area contributed by atoms with Crippen LogP contribution in [0, 0.1) is 12.3 Å². The largest absolute Gasteiger partial charge is 0.489 e. The van der Waals surface area contributed by atoms with Gasteiger partial charge in [-0.2, -0.15) is 4.72 Å². The first-order chi connectivity index (χ1) is 12.3. The second-order valence-corrected chi connectivity index (χ2v) is 7.44. The molecule has 0 unspecified atom stereocenters. The minimum absolute atomic E-state index is 0.0351. The second-order valence-electron chi connectivity index (χ2n) is 5.67. The zero-order valence-corrected chi connectivity index (χ0v) is 15.3. The molecular weight excluding hydrogens is 352 g/mol. The quantitative estimate of drug-likeness (QED) is 0.732. The first-order valence-electron chi connectivity index (χ1n) is 7.93. The van der Waals surface area contributed by atoms with Crippen LogP contribution in [0.4, 0.5) is 5.69 Å². The van der Waals surface area contributed by atoms with Crippen LogP contribution in [0.1, 0.15) is 24.2 Å². The Labute approximate surface area is 153 Å². The van der Waals surface area contributed by atoms with E-state index >= 15 is 0 Å². The molecule has 2 aromatic carbocycles. The van der Waals surface area contributed by atoms with Gasteiger partial charge in [0.2, 0.25) is 10.0 Å². The van der Waals surface area contributed by atoms with Crippen LogP contribution in [-0.4, -0.2) is 27.0 Å². The van der Waals surface area contributed by atoms with Crippen LogP contribution in [0.25, 0.3) is 0 Å². The number of amides is 1. The predicted octanol–water partition coefficient (Wildman–Crippen LogP) is 2.64. The predicted molar refractivity (Wildman–Crippen MR) is 101 cm³/mol. The van der Waals surface area contributed by atoms with E-state index in [-0.39, 0.29) is 23.1 Å². The molecular formula is C19H20N2O4S. The fourth-order valence-corrected chi connectivity index (χ4v) is 3.13. The van der Waals surface area contributed by atoms with Gasteiger partial charge in [0.1, 0.15) is 5.75 Å². The van der Waals surface area contributed by atoms with Crippen LogP contribution < -0.4 is 14.8 Å². The third-order valence-electron chi connectivity index (χ3n) is 3.27. The first kappa shape index (κ1) is 19.5. The van der Waals surface area contributed by atoms with Crippen molar-refractivity contribution in [3.05, 3.63) is 54.1 Å². The number of para-hydroxylation sites is 2. The van der Waals surface area contributed by atoms with Gasteiger partial charge in [-0.1, -0.05) is 24.1 Å². The fraction of sp³-hybridized carbons (Fsp3) is 0.211. The molecule has 2 aromatic rings. The van der Waals surface area contributed by atoms with Gasteiger partial charge >= 0.3 is 0 Å². The number of terminal acetylenes is 1. The zero-order chi connectivity index (χ0) is 19.2. The topological polar surface area (TPSA) is 84.5 Å². The van der Waals surface area contributed by atoms with Gasteiger partial charge in [0, 0.05) is 5.56 Å². The van der Waals surface area contributed by atoms with Crippen molar-refractivity contribution < 1.29 is 17.9 Å². The van der Waals surface area contributed by atoms with Crippen molar-refractivity contribution in [2.24, 2.45) is 0 Å². The highest BCUT2D eigenvalue weighted by Gasteiger charge is 2.16. The van der Waals surface area contributed by atoms with Gasteiger partial charge in [0.15, 0.2) is 0 Å². The van der Waals surface area contributed by atoms with Gasteiger partial charge in [-0.3, -0.25) is 4.79 Å². The summed E-state index contributed by atoms with van der Waals surface area (Å²) >= 11 is 0. The van der Waals surface area contributed by atoms with Gasteiger partial charge in [0.25, 0.3) is 5.91 Å². The number of sulfonamides is 1. The Morgan fingerprint density at radius 2 is 1.92 bits per heavy atom. The van der Waals surface area contributed by atoms with Crippen molar-refractivity contribution in [1.29, 1.82) is 0 Å². The number of nitrogens with one attached hydrogen (secondary N) is 2. The van der Waals surface area contributed by atoms with Crippen LogP contribution in [0.2, 0.25) is 0 Å². The molecule has 6 nitrogen and oxygen atoms in total. The number of anilines is 1. The Morgan fingerprint density at radius 1 is 1.19 bits per heavy atom. The summed E-state index contributed by atoms with van der Waals surface area (Å²) in [6.45, 7) is 3.64. The summed E-state index contributed by atoms with van der Waals surface area (Å²) in [7, 11) is -3.77. The summed E-state index contributed by atoms with van der Waals surface area (Å²) < 4.78 is 32.2. The third kappa shape index (κ3) is 5.09. The Kier molecular flexibility index (Phi) is 6.39. The van der Waals surface area contributed by atoms with Gasteiger partial charge < -0.3 is 10.1 Å². The first-order valence-corrected chi connectivity index (χ1v) is 9.42. The number of benzene rings is 2. The Morgan fingerprint density at radius 3 is 2.62 bits per heavy atom. The summed E-state index contributed by atoms with van der Waals surface area (Å²) in [5.74, 6) is 2.29. The van der Waals surface area contributed by atoms with E-state index in [9.17, 15) is 13.2 Å². The lowest BCUT2D eigenvalue weighted by molar-refractivity contribution is 0.102. The molecule has 0 aliphatic rings. The van der Waals surface area contributed by atoms with E-state index in [1.165, 1.54) is 24.3 Å². The summed E-state index contributed by atoms with van der Waals surface area (Å²) in [6, 6.07) is 12.7. The van der Waals surface area contributed by atoms with Crippen LogP contribution >= 0.6 is 0 Å². The number of rotatable bonds is 7. The molecule has 2 N–H and O–H groups in total. The Bertz CT molecular complexity index is 931. The molecule has 0 atom stereocenters. The van der Waals surface area contributed by atoms with Crippen molar-refractivity contribution in [3.8, 4) is 18.1 Å². The van der Waals surface area contributed by atoms with E-state index in [0.29, 0.717) is 11.4 Å². The molecule has 7 heteroatoms. The van der Waals surface area contributed by atoms with Crippen molar-refractivity contribution in [1.82, 2.24) is 4.72 Å². The summed E-state index contributed by atoms with van der Waals surface area (Å²) in [4.78, 5) is 12.5. The van der Waals surface area contributed by atoms with Crippen molar-refractivity contribution in [2.45, 2.75) is 24.8 Å². The molecule has 0 aliphatic carbocycles. The molecule has 26 heavy (non-hydrogen) atoms. The molecule has 136 valence electrons. The SMILES string of the molecule is C#CCNS(=O)(=O)c1cccc(C(=O)Nc2ccccc2OC(C)C)c1. The maximum Gasteiger partial charge on any atom is 0.255 e. The number of ether oxygens (including phenoxy) is 1. The lowest BCUT2D eigenvalue weighted by atomic mass is 10.2. The Balaban J connectivity index is 2.24. The number of carbonyl (C=O) groups is 1. The van der Waals surface area contributed by atoms with Crippen LogP contribution in [0.15, 0.2) is 53.4 Å². The zero-order valence-electron chi connectivity index (χ0n) is 14.5. The minimum atomic E-state index is -3.77. The van der Waals surface area contributed by atoms with Crippen LogP contribution in [0.3, 0.4) is 0 Å². The molecule has 0 radical (unpaired) electrons. The fourth-order valence-electron chi connectivity index (χ4n) is 2.15. The van der Waals surface area contributed by atoms with Gasteiger partial charge in [-0.15, -0.1) is 6.42 Å². The highest BCUT2D eigenvalue weighted by Crippen LogP contribution is 2.25. The number of hydrogen-bond acceptors (Lipinski definition) is 4. The molecule has 0 aromatic heterocycles. The molecule has 0 aliphatic heterocycles. The van der Waals surface area contributed by atoms with Crippen LogP contribution in [-0.2, 0) is 10.0 Å². The summed E-state index contributed by atoms with van der Waals surface area (Å²) in [6.07, 6.45) is 5.02. The highest BCUT2D eigenvalue weighted by molar-refractivity contribution is 7.89. The molecule has 0 saturated carbocycles. The van der Waals surface area contributed by atoms with Crippen molar-refractivity contribution in [3.63, 3.8) is 0 Å². The second kappa shape index (κ2) is 8.52. The van der Waals surface area contributed by atoms with E-state index in [0.717, 1.165) is 0 Å². The van der Waals surface area contributed by atoms with E-state index in [1.807, 2.05) is 13.8 Å². The van der Waals surface area contributed by atoms with E-state index < -0.39 is 15.9 Å². The van der Waals surface area contributed by atoms with Gasteiger partial charge in [-0.05, 0) is 44.2 Å². The molecule has 0 fully saturated rings. The third-order valence-corrected chi connectivity index (χ3v) is 4.67. The smallest absolute Gasteiger partial charge is 0.255 e. The molecule has 0 spiro atoms. The molecule has 0 bridgehead atoms. The minimum Gasteiger partial charge on any atom is -0.489 e. The van der Waals surface area contributed by atoms with E-state index in [1.54, 1.807) is 24.3 Å². The van der Waals surface area contributed by atoms with Gasteiger partial charge in [0.05, 0.1) is 23.2 Å². The van der Waals surface area contributed by atoms with Crippen molar-refractivity contribution >= 4 is 21.6 Å². The molecule has 0 saturated heterocycles. The molecule has 0 heterocycles. The maximum atomic E-state index is 12.5. The average molecular weight is 372 g/mol. The van der Waals surface area contributed by atoms with Gasteiger partial charge in [-0.25, -0.2) is 8.42 Å². The summed E-state index contributed by atoms with van der Waals surface area (Å²) in [5, 5.41) is 2.74. The lowest BCUT2D eigenvalue weighted by Crippen LogP contribution is -2.24. The molecule has 1 amide bonds. The van der Waals surface area contributed by atoms with Crippen LogP contribution in [0.5, 0.6) is 5.75 Å². The number of hydrogen-bond donors (Lipinski definition) is 2. The average Bonchev–Trinajstić information content (AvgIpc) is 2.61. The maximum absolute atomic E-state index is 12.5. The summed E-state index contributed by atoms with van der Waals surface area (Å²) in [5.41, 5.74) is 0.706. The Hall–Kier alpha value is -2.82. The highest BCUT2D eigenvalue weighted by atomic mass is 32.2. The standard InChI is InChI=1S/C19H20N2O4S/c1-4-12-20-26(23,24)16-9-7-8-15(13-16)19(22)21-17-10-5-6-11-18(17)25-14(2)3/h1,5-11,13-14,20H,12H2,2-3H3,(H,21,22). The van der Waals surface area contributed by atoms with Crippen molar-refractivity contribution in [2.75, 3.05) is 11.9 Å². The normalized spacial score (nSPS) is 11.0.